The van der Waals surface area contributed by atoms with Crippen LogP contribution < -0.4 is 15.9 Å². The number of nitrogens with zero attached hydrogens (tertiary/aromatic N) is 1. The number of amides is 2. The molecule has 3 N–H and O–H groups in total. The van der Waals surface area contributed by atoms with Gasteiger partial charge in [0.05, 0.1) is 5.92 Å². The largest absolute Gasteiger partial charge is 0.361 e. The van der Waals surface area contributed by atoms with Crippen LogP contribution in [0.3, 0.4) is 0 Å². The highest BCUT2D eigenvalue weighted by Crippen LogP contribution is 2.46. The molecule has 1 aliphatic carbocycles. The van der Waals surface area contributed by atoms with Gasteiger partial charge in [-0.05, 0) is 30.7 Å². The van der Waals surface area contributed by atoms with Crippen molar-refractivity contribution in [3.63, 3.8) is 0 Å². The lowest BCUT2D eigenvalue weighted by Gasteiger charge is -2.42. The predicted octanol–water partition coefficient (Wildman–Crippen LogP) is 3.56. The molecule has 1 aliphatic heterocycles. The number of fused-ring (bicyclic) bond motifs is 1. The van der Waals surface area contributed by atoms with Gasteiger partial charge in [-0.1, -0.05) is 42.5 Å². The maximum Gasteiger partial charge on any atom is 0.274 e. The number of carbonyl (C=O) groups excluding carboxylic acids is 2. The first kappa shape index (κ1) is 22.9. The third-order valence-corrected chi connectivity index (χ3v) is 6.13. The monoisotopic (exact) mass is 457 g/mol. The number of halogens is 2. The van der Waals surface area contributed by atoms with E-state index in [0.717, 1.165) is 11.1 Å². The van der Waals surface area contributed by atoms with Crippen LogP contribution in [-0.4, -0.2) is 41.6 Å². The van der Waals surface area contributed by atoms with Gasteiger partial charge in [0.15, 0.2) is 0 Å². The second-order valence-electron chi connectivity index (χ2n) is 8.36. The minimum atomic E-state index is -3.01. The second-order valence-corrected chi connectivity index (χ2v) is 8.36. The van der Waals surface area contributed by atoms with Crippen LogP contribution in [0.2, 0.25) is 0 Å². The van der Waals surface area contributed by atoms with E-state index in [1.165, 1.54) is 5.48 Å². The molecule has 4 rings (SSSR count). The Labute approximate surface area is 189 Å². The summed E-state index contributed by atoms with van der Waals surface area (Å²) in [5.41, 5.74) is 6.68. The van der Waals surface area contributed by atoms with Crippen LogP contribution >= 0.6 is 0 Å². The van der Waals surface area contributed by atoms with E-state index in [4.69, 9.17) is 10.0 Å². The standard InChI is InChI=1S/C24H25F2N3O4/c1-15-11-17(14-33-28-22(30)16-7-3-2-4-8-16)18-9-5-6-10-20(18)29(15)21-13-24(25,26)12-19(21)23(31)27-32/h2-11,15,19,21,32H,12-14H2,1H3,(H,27,31)(H,28,30)/t15?,19-,21+/m0/s1. The third kappa shape index (κ3) is 4.74. The minimum absolute atomic E-state index is 0.0785. The molecule has 1 fully saturated rings. The smallest absolute Gasteiger partial charge is 0.274 e. The number of benzene rings is 2. The highest BCUT2D eigenvalue weighted by molar-refractivity contribution is 5.93. The Bertz CT molecular complexity index is 1060. The first-order valence-corrected chi connectivity index (χ1v) is 10.7. The van der Waals surface area contributed by atoms with E-state index >= 15 is 0 Å². The minimum Gasteiger partial charge on any atom is -0.361 e. The molecule has 1 saturated carbocycles. The second kappa shape index (κ2) is 9.29. The van der Waals surface area contributed by atoms with Gasteiger partial charge in [0.2, 0.25) is 5.91 Å². The van der Waals surface area contributed by atoms with Gasteiger partial charge in [0, 0.05) is 41.7 Å². The van der Waals surface area contributed by atoms with Crippen LogP contribution in [0.4, 0.5) is 14.5 Å². The fourth-order valence-electron chi connectivity index (χ4n) is 4.72. The van der Waals surface area contributed by atoms with Crippen LogP contribution in [0.25, 0.3) is 5.57 Å². The summed E-state index contributed by atoms with van der Waals surface area (Å²) in [5.74, 6) is -5.26. The molecule has 0 saturated heterocycles. The Morgan fingerprint density at radius 2 is 1.82 bits per heavy atom. The average molecular weight is 457 g/mol. The number of carbonyl (C=O) groups is 2. The molecule has 9 heteroatoms. The highest BCUT2D eigenvalue weighted by Gasteiger charge is 2.52. The lowest BCUT2D eigenvalue weighted by molar-refractivity contribution is -0.134. The van der Waals surface area contributed by atoms with Gasteiger partial charge in [-0.25, -0.2) is 19.7 Å². The molecule has 1 unspecified atom stereocenters. The number of hydrogen-bond donors (Lipinski definition) is 3. The highest BCUT2D eigenvalue weighted by atomic mass is 19.3. The van der Waals surface area contributed by atoms with Gasteiger partial charge in [-0.15, -0.1) is 0 Å². The molecule has 3 atom stereocenters. The Balaban J connectivity index is 1.54. The van der Waals surface area contributed by atoms with Crippen LogP contribution in [0.1, 0.15) is 35.7 Å². The number of anilines is 1. The van der Waals surface area contributed by atoms with Crippen molar-refractivity contribution in [2.24, 2.45) is 5.92 Å². The van der Waals surface area contributed by atoms with Gasteiger partial charge >= 0.3 is 0 Å². The molecule has 0 spiro atoms. The SMILES string of the molecule is CC1C=C(CONC(=O)c2ccccc2)c2ccccc2N1[C@@H]1CC(F)(F)C[C@@H]1C(=O)NO. The summed E-state index contributed by atoms with van der Waals surface area (Å²) >= 11 is 0. The molecule has 7 nitrogen and oxygen atoms in total. The number of rotatable bonds is 6. The number of hydroxylamine groups is 2. The van der Waals surface area contributed by atoms with E-state index in [0.29, 0.717) is 11.3 Å². The fraction of sp³-hybridized carbons (Fsp3) is 0.333. The number of hydrogen-bond acceptors (Lipinski definition) is 5. The molecule has 2 aromatic rings. The number of nitrogens with one attached hydrogen (secondary N) is 2. The fourth-order valence-corrected chi connectivity index (χ4v) is 4.72. The molecule has 1 heterocycles. The zero-order valence-electron chi connectivity index (χ0n) is 18.0. The summed E-state index contributed by atoms with van der Waals surface area (Å²) in [6.07, 6.45) is 0.762. The maximum absolute atomic E-state index is 14.3. The average Bonchev–Trinajstić information content (AvgIpc) is 3.13. The summed E-state index contributed by atoms with van der Waals surface area (Å²) in [7, 11) is 0. The quantitative estimate of drug-likeness (QED) is 0.456. The van der Waals surface area contributed by atoms with E-state index < -0.39 is 36.6 Å². The molecule has 33 heavy (non-hydrogen) atoms. The summed E-state index contributed by atoms with van der Waals surface area (Å²) in [4.78, 5) is 31.7. The normalized spacial score (nSPS) is 23.5. The molecular weight excluding hydrogens is 432 g/mol. The lowest BCUT2D eigenvalue weighted by Crippen LogP contribution is -2.49. The number of alkyl halides is 2. The van der Waals surface area contributed by atoms with E-state index in [9.17, 15) is 18.4 Å². The van der Waals surface area contributed by atoms with Crippen molar-refractivity contribution in [1.29, 1.82) is 0 Å². The van der Waals surface area contributed by atoms with E-state index in [2.05, 4.69) is 5.48 Å². The zero-order chi connectivity index (χ0) is 23.6. The summed E-state index contributed by atoms with van der Waals surface area (Å²) in [6.45, 7) is 1.93. The van der Waals surface area contributed by atoms with E-state index in [1.54, 1.807) is 30.3 Å². The molecule has 2 amide bonds. The molecular formula is C24H25F2N3O4. The summed E-state index contributed by atoms with van der Waals surface area (Å²) < 4.78 is 28.6. The molecule has 0 radical (unpaired) electrons. The van der Waals surface area contributed by atoms with Gasteiger partial charge in [-0.2, -0.15) is 0 Å². The Morgan fingerprint density at radius 1 is 1.12 bits per heavy atom. The lowest BCUT2D eigenvalue weighted by atomic mass is 9.91. The van der Waals surface area contributed by atoms with Gasteiger partial charge in [0.1, 0.15) is 6.61 Å². The maximum atomic E-state index is 14.3. The van der Waals surface area contributed by atoms with Gasteiger partial charge in [-0.3, -0.25) is 19.6 Å². The Kier molecular flexibility index (Phi) is 6.44. The van der Waals surface area contributed by atoms with Gasteiger partial charge < -0.3 is 4.90 Å². The van der Waals surface area contributed by atoms with Crippen molar-refractivity contribution < 1.29 is 28.4 Å². The van der Waals surface area contributed by atoms with E-state index in [-0.39, 0.29) is 18.6 Å². The molecule has 2 aliphatic rings. The van der Waals surface area contributed by atoms with Gasteiger partial charge in [0.25, 0.3) is 11.8 Å². The van der Waals surface area contributed by atoms with Crippen LogP contribution in [0.5, 0.6) is 0 Å². The molecule has 0 bridgehead atoms. The van der Waals surface area contributed by atoms with E-state index in [1.807, 2.05) is 42.2 Å². The summed E-state index contributed by atoms with van der Waals surface area (Å²) in [5, 5.41) is 9.08. The van der Waals surface area contributed by atoms with Crippen molar-refractivity contribution in [3.05, 3.63) is 71.8 Å². The van der Waals surface area contributed by atoms with Crippen molar-refractivity contribution in [2.45, 2.75) is 37.8 Å². The predicted molar refractivity (Wildman–Crippen MR) is 118 cm³/mol. The first-order chi connectivity index (χ1) is 15.8. The van der Waals surface area contributed by atoms with Crippen LogP contribution in [-0.2, 0) is 9.63 Å². The number of para-hydroxylation sites is 1. The molecule has 0 aromatic heterocycles. The zero-order valence-corrected chi connectivity index (χ0v) is 18.0. The van der Waals surface area contributed by atoms with Crippen molar-refractivity contribution >= 4 is 23.1 Å². The topological polar surface area (TPSA) is 90.9 Å². The first-order valence-electron chi connectivity index (χ1n) is 10.7. The third-order valence-electron chi connectivity index (χ3n) is 6.13. The summed E-state index contributed by atoms with van der Waals surface area (Å²) in [6, 6.07) is 14.8. The Morgan fingerprint density at radius 3 is 2.55 bits per heavy atom. The Hall–Kier alpha value is -3.30. The molecule has 174 valence electrons. The van der Waals surface area contributed by atoms with Crippen LogP contribution in [0.15, 0.2) is 60.7 Å². The molecule has 2 aromatic carbocycles. The van der Waals surface area contributed by atoms with Crippen molar-refractivity contribution in [2.75, 3.05) is 11.5 Å². The van der Waals surface area contributed by atoms with Crippen molar-refractivity contribution in [1.82, 2.24) is 11.0 Å². The van der Waals surface area contributed by atoms with Crippen molar-refractivity contribution in [3.8, 4) is 0 Å². The van der Waals surface area contributed by atoms with Crippen LogP contribution in [0, 0.1) is 5.92 Å².